The number of hydrogen-bond donors (Lipinski definition) is 0. The molecular formula is C31H36. The minimum absolute atomic E-state index is 0.435. The molecule has 0 amide bonds. The van der Waals surface area contributed by atoms with Gasteiger partial charge in [0.1, 0.15) is 0 Å². The molecule has 31 heavy (non-hydrogen) atoms. The minimum Gasteiger partial charge on any atom is -0.0836 e. The number of allylic oxidation sites excluding steroid dienone is 12. The Hall–Kier alpha value is -2.34. The van der Waals surface area contributed by atoms with Crippen LogP contribution in [0.1, 0.15) is 69.4 Å². The zero-order valence-corrected chi connectivity index (χ0v) is 19.2. The van der Waals surface area contributed by atoms with Crippen LogP contribution in [0, 0.1) is 17.8 Å². The Kier molecular flexibility index (Phi) is 5.99. The molecule has 160 valence electrons. The van der Waals surface area contributed by atoms with Gasteiger partial charge < -0.3 is 0 Å². The summed E-state index contributed by atoms with van der Waals surface area (Å²) < 4.78 is 0. The van der Waals surface area contributed by atoms with E-state index in [0.29, 0.717) is 5.92 Å². The summed E-state index contributed by atoms with van der Waals surface area (Å²) >= 11 is 0. The van der Waals surface area contributed by atoms with Gasteiger partial charge in [-0.1, -0.05) is 86.7 Å². The Morgan fingerprint density at radius 1 is 0.871 bits per heavy atom. The topological polar surface area (TPSA) is 0 Å². The fraction of sp³-hybridized carbons (Fsp3) is 0.419. The van der Waals surface area contributed by atoms with Crippen LogP contribution in [-0.2, 0) is 6.42 Å². The van der Waals surface area contributed by atoms with Crippen molar-refractivity contribution in [2.45, 2.75) is 64.7 Å². The van der Waals surface area contributed by atoms with Crippen LogP contribution in [0.5, 0.6) is 0 Å². The van der Waals surface area contributed by atoms with Gasteiger partial charge in [-0.25, -0.2) is 0 Å². The molecule has 4 aliphatic rings. The number of benzene rings is 1. The van der Waals surface area contributed by atoms with Gasteiger partial charge in [-0.05, 0) is 96.1 Å². The highest BCUT2D eigenvalue weighted by molar-refractivity contribution is 5.60. The van der Waals surface area contributed by atoms with E-state index >= 15 is 0 Å². The lowest BCUT2D eigenvalue weighted by Crippen LogP contribution is -2.17. The van der Waals surface area contributed by atoms with Crippen molar-refractivity contribution < 1.29 is 0 Å². The van der Waals surface area contributed by atoms with Crippen molar-refractivity contribution in [2.24, 2.45) is 17.8 Å². The van der Waals surface area contributed by atoms with Gasteiger partial charge in [0, 0.05) is 5.92 Å². The average Bonchev–Trinajstić information content (AvgIpc) is 3.31. The summed E-state index contributed by atoms with van der Waals surface area (Å²) in [5, 5.41) is 0. The van der Waals surface area contributed by atoms with Crippen molar-refractivity contribution in [3.05, 3.63) is 106 Å². The average molecular weight is 409 g/mol. The van der Waals surface area contributed by atoms with E-state index in [1.807, 2.05) is 0 Å². The van der Waals surface area contributed by atoms with E-state index in [4.69, 9.17) is 0 Å². The second-order valence-electron chi connectivity index (χ2n) is 10.2. The lowest BCUT2D eigenvalue weighted by molar-refractivity contribution is 0.259. The third-order valence-electron chi connectivity index (χ3n) is 7.97. The first-order chi connectivity index (χ1) is 15.2. The maximum Gasteiger partial charge on any atom is 0.0281 e. The van der Waals surface area contributed by atoms with Gasteiger partial charge in [0.15, 0.2) is 0 Å². The summed E-state index contributed by atoms with van der Waals surface area (Å²) in [4.78, 5) is 0. The van der Waals surface area contributed by atoms with Crippen LogP contribution in [0.2, 0.25) is 0 Å². The molecule has 1 aromatic rings. The normalized spacial score (nSPS) is 27.5. The van der Waals surface area contributed by atoms with E-state index in [-0.39, 0.29) is 0 Å². The first-order valence-electron chi connectivity index (χ1n) is 12.4. The summed E-state index contributed by atoms with van der Waals surface area (Å²) in [7, 11) is 0. The fourth-order valence-corrected chi connectivity index (χ4v) is 5.96. The van der Waals surface area contributed by atoms with E-state index in [9.17, 15) is 0 Å². The molecule has 0 heteroatoms. The van der Waals surface area contributed by atoms with E-state index in [2.05, 4.69) is 86.7 Å². The molecule has 4 aliphatic carbocycles. The van der Waals surface area contributed by atoms with Gasteiger partial charge in [0.2, 0.25) is 0 Å². The third-order valence-corrected chi connectivity index (χ3v) is 7.97. The first kappa shape index (κ1) is 20.6. The molecule has 0 aromatic heterocycles. The Morgan fingerprint density at radius 3 is 2.39 bits per heavy atom. The van der Waals surface area contributed by atoms with Gasteiger partial charge in [-0.3, -0.25) is 0 Å². The summed E-state index contributed by atoms with van der Waals surface area (Å²) in [5.41, 5.74) is 8.85. The second kappa shape index (κ2) is 9.03. The molecule has 1 saturated carbocycles. The highest BCUT2D eigenvalue weighted by Crippen LogP contribution is 2.41. The van der Waals surface area contributed by atoms with Gasteiger partial charge in [-0.2, -0.15) is 0 Å². The van der Waals surface area contributed by atoms with Gasteiger partial charge in [0.05, 0.1) is 0 Å². The van der Waals surface area contributed by atoms with E-state index in [1.165, 1.54) is 66.4 Å². The SMILES string of the molecule is CC(C)C1CCC(c2ccc(CC3=CC=C(C4=CCCC=C4)C4C=CC=C34)cc2)CC1. The van der Waals surface area contributed by atoms with Crippen molar-refractivity contribution in [3.8, 4) is 0 Å². The molecule has 0 radical (unpaired) electrons. The zero-order valence-electron chi connectivity index (χ0n) is 19.2. The van der Waals surface area contributed by atoms with Crippen LogP contribution < -0.4 is 0 Å². The van der Waals surface area contributed by atoms with E-state index in [0.717, 1.165) is 24.2 Å². The molecule has 1 aromatic carbocycles. The van der Waals surface area contributed by atoms with Crippen LogP contribution in [-0.4, -0.2) is 0 Å². The molecule has 0 nitrogen and oxygen atoms in total. The van der Waals surface area contributed by atoms with Crippen LogP contribution >= 0.6 is 0 Å². The highest BCUT2D eigenvalue weighted by atomic mass is 14.3. The zero-order chi connectivity index (χ0) is 21.2. The van der Waals surface area contributed by atoms with E-state index in [1.54, 1.807) is 5.56 Å². The minimum atomic E-state index is 0.435. The van der Waals surface area contributed by atoms with Crippen LogP contribution in [0.4, 0.5) is 0 Å². The molecule has 0 bridgehead atoms. The molecule has 0 spiro atoms. The Balaban J connectivity index is 1.28. The second-order valence-corrected chi connectivity index (χ2v) is 10.2. The monoisotopic (exact) mass is 408 g/mol. The molecule has 0 aliphatic heterocycles. The predicted octanol–water partition coefficient (Wildman–Crippen LogP) is 8.41. The lowest BCUT2D eigenvalue weighted by atomic mass is 9.74. The number of rotatable bonds is 5. The quantitative estimate of drug-likeness (QED) is 0.458. The Labute approximate surface area is 188 Å². The van der Waals surface area contributed by atoms with Crippen LogP contribution in [0.15, 0.2) is 95.2 Å². The maximum absolute atomic E-state index is 2.41. The van der Waals surface area contributed by atoms with Crippen LogP contribution in [0.25, 0.3) is 0 Å². The lowest BCUT2D eigenvalue weighted by Gasteiger charge is -2.31. The Morgan fingerprint density at radius 2 is 1.68 bits per heavy atom. The smallest absolute Gasteiger partial charge is 0.0281 e. The Bertz CT molecular complexity index is 979. The third kappa shape index (κ3) is 4.36. The van der Waals surface area contributed by atoms with Crippen molar-refractivity contribution in [3.63, 3.8) is 0 Å². The van der Waals surface area contributed by atoms with Gasteiger partial charge >= 0.3 is 0 Å². The molecule has 0 heterocycles. The van der Waals surface area contributed by atoms with Crippen molar-refractivity contribution in [2.75, 3.05) is 0 Å². The molecular weight excluding hydrogens is 372 g/mol. The molecule has 1 atom stereocenters. The van der Waals surface area contributed by atoms with Gasteiger partial charge in [-0.15, -0.1) is 0 Å². The summed E-state index contributed by atoms with van der Waals surface area (Å²) in [6, 6.07) is 9.59. The number of fused-ring (bicyclic) bond motifs is 1. The standard InChI is InChI=1S/C31H36/c1-22(2)24-15-17-26(18-16-24)25-13-11-23(12-14-25)21-28-19-20-30(27-7-4-3-5-8-27)31-10-6-9-29(28)31/h4,6-14,19-20,22,24,26,31H,3,5,15-18,21H2,1-2H3. The molecule has 1 fully saturated rings. The molecule has 1 unspecified atom stereocenters. The van der Waals surface area contributed by atoms with Crippen LogP contribution in [0.3, 0.4) is 0 Å². The maximum atomic E-state index is 2.41. The highest BCUT2D eigenvalue weighted by Gasteiger charge is 2.27. The molecule has 0 saturated heterocycles. The van der Waals surface area contributed by atoms with Crippen molar-refractivity contribution in [1.82, 2.24) is 0 Å². The van der Waals surface area contributed by atoms with Gasteiger partial charge in [0.25, 0.3) is 0 Å². The summed E-state index contributed by atoms with van der Waals surface area (Å²) in [5.74, 6) is 2.99. The molecule has 0 N–H and O–H groups in total. The van der Waals surface area contributed by atoms with E-state index < -0.39 is 0 Å². The largest absolute Gasteiger partial charge is 0.0836 e. The predicted molar refractivity (Wildman–Crippen MR) is 133 cm³/mol. The van der Waals surface area contributed by atoms with Crippen molar-refractivity contribution >= 4 is 0 Å². The number of hydrogen-bond acceptors (Lipinski definition) is 0. The summed E-state index contributed by atoms with van der Waals surface area (Å²) in [6.07, 6.45) is 27.6. The first-order valence-corrected chi connectivity index (χ1v) is 12.4. The molecule has 5 rings (SSSR count). The fourth-order valence-electron chi connectivity index (χ4n) is 5.96. The van der Waals surface area contributed by atoms with Crippen molar-refractivity contribution in [1.29, 1.82) is 0 Å². The summed E-state index contributed by atoms with van der Waals surface area (Å²) in [6.45, 7) is 4.78.